The average molecular weight is 264 g/mol. The Kier molecular flexibility index (Phi) is 3.46. The van der Waals surface area contributed by atoms with Gasteiger partial charge in [-0.15, -0.1) is 0 Å². The lowest BCUT2D eigenvalue weighted by molar-refractivity contribution is -0.117. The minimum absolute atomic E-state index is 0.144. The van der Waals surface area contributed by atoms with Crippen LogP contribution in [-0.4, -0.2) is 11.6 Å². The Morgan fingerprint density at radius 3 is 2.15 bits per heavy atom. The van der Waals surface area contributed by atoms with Gasteiger partial charge in [0.2, 0.25) is 0 Å². The molecule has 0 saturated heterocycles. The van der Waals surface area contributed by atoms with Gasteiger partial charge in [-0.2, -0.15) is 0 Å². The number of hydrogen-bond donors (Lipinski definition) is 0. The smallest absolute Gasteiger partial charge is 0.163 e. The highest BCUT2D eigenvalue weighted by Crippen LogP contribution is 2.15. The molecule has 0 atom stereocenters. The maximum atomic E-state index is 12.2. The van der Waals surface area contributed by atoms with E-state index in [0.29, 0.717) is 24.8 Å². The number of benzene rings is 2. The van der Waals surface area contributed by atoms with Crippen molar-refractivity contribution < 1.29 is 9.59 Å². The van der Waals surface area contributed by atoms with Gasteiger partial charge in [-0.25, -0.2) is 0 Å². The van der Waals surface area contributed by atoms with Gasteiger partial charge in [-0.3, -0.25) is 9.59 Å². The summed E-state index contributed by atoms with van der Waals surface area (Å²) in [6.45, 7) is 0. The monoisotopic (exact) mass is 264 g/mol. The second-order valence-corrected chi connectivity index (χ2v) is 5.34. The Balaban J connectivity index is 1.98. The average Bonchev–Trinajstić information content (AvgIpc) is 2.44. The summed E-state index contributed by atoms with van der Waals surface area (Å²) in [5.41, 5.74) is 3.81. The standard InChI is InChI=1S/C18H16O2/c19-17-11-14-4-1-3-13(9-14)7-8-18(20)16-6-2-5-15(10-16)12-17/h1-6,9-10H,7-8,11-12H2. The molecule has 100 valence electrons. The lowest BCUT2D eigenvalue weighted by atomic mass is 9.95. The second kappa shape index (κ2) is 5.41. The van der Waals surface area contributed by atoms with Crippen LogP contribution in [0.3, 0.4) is 0 Å². The third kappa shape index (κ3) is 2.85. The Bertz CT molecular complexity index is 671. The van der Waals surface area contributed by atoms with Crippen LogP contribution in [-0.2, 0) is 24.1 Å². The van der Waals surface area contributed by atoms with Crippen LogP contribution in [0.15, 0.2) is 48.5 Å². The molecule has 0 heterocycles. The van der Waals surface area contributed by atoms with Crippen molar-refractivity contribution in [2.45, 2.75) is 25.7 Å². The molecule has 0 saturated carbocycles. The Labute approximate surface area is 118 Å². The molecule has 3 rings (SSSR count). The molecule has 0 N–H and O–H groups in total. The maximum absolute atomic E-state index is 12.2. The number of carbonyl (C=O) groups excluding carboxylic acids is 2. The van der Waals surface area contributed by atoms with Gasteiger partial charge in [-0.1, -0.05) is 42.5 Å². The molecule has 0 unspecified atom stereocenters. The quantitative estimate of drug-likeness (QED) is 0.732. The SMILES string of the molecule is O=C1Cc2cccc(c2)CCC(=O)c2cccc(c2)C1. The molecule has 4 bridgehead atoms. The molecule has 1 aliphatic carbocycles. The fourth-order valence-electron chi connectivity index (χ4n) is 2.67. The minimum Gasteiger partial charge on any atom is -0.299 e. The van der Waals surface area contributed by atoms with E-state index < -0.39 is 0 Å². The summed E-state index contributed by atoms with van der Waals surface area (Å²) >= 11 is 0. The van der Waals surface area contributed by atoms with E-state index in [0.717, 1.165) is 23.1 Å². The van der Waals surface area contributed by atoms with Crippen LogP contribution in [0.1, 0.15) is 33.5 Å². The highest BCUT2D eigenvalue weighted by molar-refractivity contribution is 5.96. The molecule has 1 aliphatic rings. The van der Waals surface area contributed by atoms with Crippen molar-refractivity contribution in [1.29, 1.82) is 0 Å². The lowest BCUT2D eigenvalue weighted by Crippen LogP contribution is -2.09. The summed E-state index contributed by atoms with van der Waals surface area (Å²) in [5.74, 6) is 0.331. The summed E-state index contributed by atoms with van der Waals surface area (Å²) < 4.78 is 0. The van der Waals surface area contributed by atoms with Crippen LogP contribution in [0.4, 0.5) is 0 Å². The Morgan fingerprint density at radius 1 is 0.700 bits per heavy atom. The van der Waals surface area contributed by atoms with Crippen molar-refractivity contribution in [3.8, 4) is 0 Å². The zero-order valence-electron chi connectivity index (χ0n) is 11.3. The third-order valence-electron chi connectivity index (χ3n) is 3.68. The van der Waals surface area contributed by atoms with Crippen molar-refractivity contribution in [3.05, 3.63) is 70.8 Å². The minimum atomic E-state index is 0.144. The van der Waals surface area contributed by atoms with Crippen molar-refractivity contribution in [2.75, 3.05) is 0 Å². The number of rotatable bonds is 0. The van der Waals surface area contributed by atoms with Gasteiger partial charge >= 0.3 is 0 Å². The molecule has 2 aromatic carbocycles. The van der Waals surface area contributed by atoms with E-state index in [4.69, 9.17) is 0 Å². The van der Waals surface area contributed by atoms with Crippen LogP contribution >= 0.6 is 0 Å². The molecule has 2 aromatic rings. The van der Waals surface area contributed by atoms with Gasteiger partial charge < -0.3 is 0 Å². The van der Waals surface area contributed by atoms with Gasteiger partial charge in [0.1, 0.15) is 5.78 Å². The third-order valence-corrected chi connectivity index (χ3v) is 3.68. The van der Waals surface area contributed by atoms with Crippen LogP contribution in [0.25, 0.3) is 0 Å². The van der Waals surface area contributed by atoms with Gasteiger partial charge in [0.15, 0.2) is 5.78 Å². The highest BCUT2D eigenvalue weighted by atomic mass is 16.1. The van der Waals surface area contributed by atoms with Crippen molar-refractivity contribution in [3.63, 3.8) is 0 Å². The molecule has 20 heavy (non-hydrogen) atoms. The summed E-state index contributed by atoms with van der Waals surface area (Å²) in [6, 6.07) is 15.5. The van der Waals surface area contributed by atoms with E-state index in [1.807, 2.05) is 48.5 Å². The second-order valence-electron chi connectivity index (χ2n) is 5.34. The molecular formula is C18H16O2. The van der Waals surface area contributed by atoms with Gasteiger partial charge in [0, 0.05) is 24.8 Å². The van der Waals surface area contributed by atoms with E-state index in [2.05, 4.69) is 0 Å². The number of ketones is 2. The molecule has 0 fully saturated rings. The summed E-state index contributed by atoms with van der Waals surface area (Å²) in [7, 11) is 0. The lowest BCUT2D eigenvalue weighted by Gasteiger charge is -2.09. The molecule has 0 spiro atoms. The highest BCUT2D eigenvalue weighted by Gasteiger charge is 2.12. The molecule has 2 nitrogen and oxygen atoms in total. The first-order valence-electron chi connectivity index (χ1n) is 6.92. The Morgan fingerprint density at radius 2 is 1.35 bits per heavy atom. The topological polar surface area (TPSA) is 34.1 Å². The van der Waals surface area contributed by atoms with Crippen molar-refractivity contribution >= 4 is 11.6 Å². The number of Topliss-reactive ketones (excluding diaryl/α,β-unsaturated/α-hetero) is 2. The van der Waals surface area contributed by atoms with E-state index in [1.165, 1.54) is 0 Å². The van der Waals surface area contributed by atoms with Gasteiger partial charge in [-0.05, 0) is 29.2 Å². The number of hydrogen-bond acceptors (Lipinski definition) is 2. The summed E-state index contributed by atoms with van der Waals surface area (Å²) in [5, 5.41) is 0. The number of carbonyl (C=O) groups is 2. The van der Waals surface area contributed by atoms with E-state index >= 15 is 0 Å². The molecule has 0 aromatic heterocycles. The van der Waals surface area contributed by atoms with Crippen molar-refractivity contribution in [1.82, 2.24) is 0 Å². The molecule has 2 heteroatoms. The van der Waals surface area contributed by atoms with Crippen LogP contribution < -0.4 is 0 Å². The van der Waals surface area contributed by atoms with Gasteiger partial charge in [0.05, 0.1) is 0 Å². The first-order valence-corrected chi connectivity index (χ1v) is 6.92. The fourth-order valence-corrected chi connectivity index (χ4v) is 2.67. The van der Waals surface area contributed by atoms with Crippen LogP contribution in [0.2, 0.25) is 0 Å². The van der Waals surface area contributed by atoms with Crippen LogP contribution in [0.5, 0.6) is 0 Å². The van der Waals surface area contributed by atoms with Gasteiger partial charge in [0.25, 0.3) is 0 Å². The maximum Gasteiger partial charge on any atom is 0.163 e. The number of fused-ring (bicyclic) bond motifs is 4. The van der Waals surface area contributed by atoms with Crippen LogP contribution in [0, 0.1) is 0 Å². The zero-order chi connectivity index (χ0) is 13.9. The van der Waals surface area contributed by atoms with E-state index in [1.54, 1.807) is 0 Å². The molecular weight excluding hydrogens is 248 g/mol. The fraction of sp³-hybridized carbons (Fsp3) is 0.222. The predicted octanol–water partition coefficient (Wildman–Crippen LogP) is 3.17. The van der Waals surface area contributed by atoms with E-state index in [-0.39, 0.29) is 11.6 Å². The summed E-state index contributed by atoms with van der Waals surface area (Å²) in [4.78, 5) is 24.3. The van der Waals surface area contributed by atoms with Crippen molar-refractivity contribution in [2.24, 2.45) is 0 Å². The Hall–Kier alpha value is -2.22. The number of aryl methyl sites for hydroxylation is 1. The normalized spacial score (nSPS) is 15.4. The molecule has 0 amide bonds. The van der Waals surface area contributed by atoms with E-state index in [9.17, 15) is 9.59 Å². The summed E-state index contributed by atoms with van der Waals surface area (Å²) in [6.07, 6.45) is 2.10. The first kappa shape index (κ1) is 12.8. The zero-order valence-corrected chi connectivity index (χ0v) is 11.3. The molecule has 0 radical (unpaired) electrons. The first-order chi connectivity index (χ1) is 9.70. The molecule has 0 aliphatic heterocycles. The largest absolute Gasteiger partial charge is 0.299 e. The predicted molar refractivity (Wildman–Crippen MR) is 78.0 cm³/mol.